The highest BCUT2D eigenvalue weighted by molar-refractivity contribution is 8.00. The standard InChI is InChI=1S/C25H30ClN3O3S/c1-4-28(17-19-10-7-6-8-11-19)23(30)18(3)33-25-27-22-16-20(26)12-13-21(22)24(31)29(25)14-9-15-32-5-2/h6-8,10-13,16,18H,4-5,9,14-15,17H2,1-3H3. The van der Waals surface area contributed by atoms with Crippen LogP contribution in [-0.4, -0.2) is 45.4 Å². The lowest BCUT2D eigenvalue weighted by molar-refractivity contribution is -0.130. The van der Waals surface area contributed by atoms with Crippen molar-refractivity contribution in [2.75, 3.05) is 19.8 Å². The quantitative estimate of drug-likeness (QED) is 0.216. The van der Waals surface area contributed by atoms with Gasteiger partial charge in [-0.25, -0.2) is 4.98 Å². The molecular weight excluding hydrogens is 458 g/mol. The van der Waals surface area contributed by atoms with Crippen molar-refractivity contribution in [1.82, 2.24) is 14.5 Å². The van der Waals surface area contributed by atoms with Crippen LogP contribution in [0.1, 0.15) is 32.8 Å². The molecule has 0 spiro atoms. The van der Waals surface area contributed by atoms with Crippen LogP contribution >= 0.6 is 23.4 Å². The maximum absolute atomic E-state index is 13.2. The van der Waals surface area contributed by atoms with Gasteiger partial charge in [-0.05, 0) is 51.0 Å². The summed E-state index contributed by atoms with van der Waals surface area (Å²) in [6, 6.07) is 15.0. The summed E-state index contributed by atoms with van der Waals surface area (Å²) in [5.41, 5.74) is 1.48. The molecule has 6 nitrogen and oxygen atoms in total. The molecule has 33 heavy (non-hydrogen) atoms. The van der Waals surface area contributed by atoms with Crippen LogP contribution in [0.4, 0.5) is 0 Å². The first-order valence-electron chi connectivity index (χ1n) is 11.2. The lowest BCUT2D eigenvalue weighted by Gasteiger charge is -2.25. The Labute approximate surface area is 203 Å². The van der Waals surface area contributed by atoms with Crippen molar-refractivity contribution >= 4 is 40.2 Å². The van der Waals surface area contributed by atoms with Crippen molar-refractivity contribution in [2.24, 2.45) is 0 Å². The summed E-state index contributed by atoms with van der Waals surface area (Å²) in [6.45, 7) is 8.57. The van der Waals surface area contributed by atoms with Crippen molar-refractivity contribution < 1.29 is 9.53 Å². The van der Waals surface area contributed by atoms with Crippen LogP contribution in [0.2, 0.25) is 5.02 Å². The van der Waals surface area contributed by atoms with Gasteiger partial charge in [0.05, 0.1) is 16.2 Å². The van der Waals surface area contributed by atoms with E-state index < -0.39 is 5.25 Å². The molecule has 1 atom stereocenters. The number of nitrogens with zero attached hydrogens (tertiary/aromatic N) is 3. The Morgan fingerprint density at radius 3 is 2.67 bits per heavy atom. The van der Waals surface area contributed by atoms with E-state index in [9.17, 15) is 9.59 Å². The van der Waals surface area contributed by atoms with Gasteiger partial charge in [0.25, 0.3) is 5.56 Å². The molecule has 2 aromatic carbocycles. The molecule has 0 radical (unpaired) electrons. The van der Waals surface area contributed by atoms with Gasteiger partial charge in [-0.15, -0.1) is 0 Å². The third-order valence-corrected chi connectivity index (χ3v) is 6.61. The van der Waals surface area contributed by atoms with Gasteiger partial charge >= 0.3 is 0 Å². The van der Waals surface area contributed by atoms with E-state index in [4.69, 9.17) is 21.3 Å². The van der Waals surface area contributed by atoms with E-state index in [0.29, 0.717) is 60.4 Å². The van der Waals surface area contributed by atoms with Gasteiger partial charge in [0.15, 0.2) is 5.16 Å². The number of amides is 1. The second-order valence-corrected chi connectivity index (χ2v) is 9.41. The van der Waals surface area contributed by atoms with Gasteiger partial charge in [-0.2, -0.15) is 0 Å². The van der Waals surface area contributed by atoms with Crippen LogP contribution in [0.25, 0.3) is 10.9 Å². The zero-order valence-electron chi connectivity index (χ0n) is 19.3. The summed E-state index contributed by atoms with van der Waals surface area (Å²) < 4.78 is 7.09. The van der Waals surface area contributed by atoms with E-state index in [0.717, 1.165) is 5.56 Å². The first-order valence-corrected chi connectivity index (χ1v) is 12.5. The number of hydrogen-bond acceptors (Lipinski definition) is 5. The molecule has 1 amide bonds. The van der Waals surface area contributed by atoms with Crippen LogP contribution in [-0.2, 0) is 22.6 Å². The minimum Gasteiger partial charge on any atom is -0.382 e. The molecule has 8 heteroatoms. The molecule has 0 N–H and O–H groups in total. The number of carbonyl (C=O) groups is 1. The average molecular weight is 488 g/mol. The van der Waals surface area contributed by atoms with Gasteiger partial charge in [-0.3, -0.25) is 14.2 Å². The SMILES string of the molecule is CCOCCCn1c(SC(C)C(=O)N(CC)Cc2ccccc2)nc2cc(Cl)ccc2c1=O. The fraction of sp³-hybridized carbons (Fsp3) is 0.400. The van der Waals surface area contributed by atoms with Crippen LogP contribution < -0.4 is 5.56 Å². The topological polar surface area (TPSA) is 64.4 Å². The number of ether oxygens (including phenoxy) is 1. The fourth-order valence-corrected chi connectivity index (χ4v) is 4.73. The normalized spacial score (nSPS) is 12.1. The highest BCUT2D eigenvalue weighted by atomic mass is 35.5. The van der Waals surface area contributed by atoms with Gasteiger partial charge in [0.2, 0.25) is 5.91 Å². The molecule has 1 heterocycles. The summed E-state index contributed by atoms with van der Waals surface area (Å²) in [5, 5.41) is 1.14. The van der Waals surface area contributed by atoms with Crippen molar-refractivity contribution in [3.63, 3.8) is 0 Å². The maximum Gasteiger partial charge on any atom is 0.262 e. The number of halogens is 1. The lowest BCUT2D eigenvalue weighted by atomic mass is 10.2. The Morgan fingerprint density at radius 1 is 1.21 bits per heavy atom. The van der Waals surface area contributed by atoms with Crippen LogP contribution in [0.5, 0.6) is 0 Å². The minimum atomic E-state index is -0.407. The summed E-state index contributed by atoms with van der Waals surface area (Å²) >= 11 is 7.45. The third-order valence-electron chi connectivity index (χ3n) is 5.30. The van der Waals surface area contributed by atoms with E-state index in [2.05, 4.69) is 0 Å². The Hall–Kier alpha value is -2.35. The number of thioether (sulfide) groups is 1. The molecule has 176 valence electrons. The predicted molar refractivity (Wildman–Crippen MR) is 135 cm³/mol. The molecule has 0 aliphatic rings. The Morgan fingerprint density at radius 2 is 1.97 bits per heavy atom. The van der Waals surface area contributed by atoms with Gasteiger partial charge in [-0.1, -0.05) is 53.7 Å². The third kappa shape index (κ3) is 6.59. The highest BCUT2D eigenvalue weighted by Crippen LogP contribution is 2.25. The van der Waals surface area contributed by atoms with E-state index in [1.807, 2.05) is 56.0 Å². The molecule has 0 saturated carbocycles. The highest BCUT2D eigenvalue weighted by Gasteiger charge is 2.23. The molecule has 0 aliphatic heterocycles. The van der Waals surface area contributed by atoms with E-state index >= 15 is 0 Å². The molecule has 1 unspecified atom stereocenters. The van der Waals surface area contributed by atoms with Gasteiger partial charge in [0.1, 0.15) is 0 Å². The van der Waals surface area contributed by atoms with Crippen molar-refractivity contribution in [1.29, 1.82) is 0 Å². The summed E-state index contributed by atoms with van der Waals surface area (Å²) in [5.74, 6) is 0.00709. The molecule has 3 aromatic rings. The molecule has 0 bridgehead atoms. The summed E-state index contributed by atoms with van der Waals surface area (Å²) in [4.78, 5) is 33.0. The molecule has 0 fully saturated rings. The summed E-state index contributed by atoms with van der Waals surface area (Å²) in [7, 11) is 0. The van der Waals surface area contributed by atoms with Crippen LogP contribution in [0.15, 0.2) is 58.5 Å². The van der Waals surface area contributed by atoms with Crippen molar-refractivity contribution in [3.8, 4) is 0 Å². The second kappa shape index (κ2) is 12.2. The lowest BCUT2D eigenvalue weighted by Crippen LogP contribution is -2.36. The average Bonchev–Trinajstić information content (AvgIpc) is 2.81. The minimum absolute atomic E-state index is 0.00709. The predicted octanol–water partition coefficient (Wildman–Crippen LogP) is 5.01. The number of aromatic nitrogens is 2. The van der Waals surface area contributed by atoms with Gasteiger partial charge < -0.3 is 9.64 Å². The van der Waals surface area contributed by atoms with Crippen molar-refractivity contribution in [2.45, 2.75) is 50.7 Å². The summed E-state index contributed by atoms with van der Waals surface area (Å²) in [6.07, 6.45) is 0.680. The van der Waals surface area contributed by atoms with Crippen LogP contribution in [0, 0.1) is 0 Å². The number of benzene rings is 2. The smallest absolute Gasteiger partial charge is 0.262 e. The molecule has 3 rings (SSSR count). The zero-order chi connectivity index (χ0) is 23.8. The number of carbonyl (C=O) groups excluding carboxylic acids is 1. The number of rotatable bonds is 11. The Kier molecular flexibility index (Phi) is 9.35. The first kappa shape index (κ1) is 25.3. The second-order valence-electron chi connectivity index (χ2n) is 7.66. The maximum atomic E-state index is 13.2. The number of hydrogen-bond donors (Lipinski definition) is 0. The number of fused-ring (bicyclic) bond motifs is 1. The zero-order valence-corrected chi connectivity index (χ0v) is 20.9. The molecule has 0 saturated heterocycles. The van der Waals surface area contributed by atoms with Crippen molar-refractivity contribution in [3.05, 3.63) is 69.5 Å². The van der Waals surface area contributed by atoms with Gasteiger partial charge in [0, 0.05) is 37.9 Å². The fourth-order valence-electron chi connectivity index (χ4n) is 3.55. The molecule has 0 aliphatic carbocycles. The van der Waals surface area contributed by atoms with E-state index in [-0.39, 0.29) is 11.5 Å². The van der Waals surface area contributed by atoms with Crippen LogP contribution in [0.3, 0.4) is 0 Å². The monoisotopic (exact) mass is 487 g/mol. The Bertz CT molecular complexity index is 1140. The van der Waals surface area contributed by atoms with E-state index in [1.165, 1.54) is 11.8 Å². The van der Waals surface area contributed by atoms with E-state index in [1.54, 1.807) is 22.8 Å². The largest absolute Gasteiger partial charge is 0.382 e. The molecule has 1 aromatic heterocycles. The molecular formula is C25H30ClN3O3S. The Balaban J connectivity index is 1.87. The first-order chi connectivity index (χ1) is 15.9.